The fourth-order valence-electron chi connectivity index (χ4n) is 3.14. The molecule has 0 atom stereocenters. The number of nitrogen functional groups attached to an aromatic ring is 1. The lowest BCUT2D eigenvalue weighted by atomic mass is 10.2. The second-order valence-corrected chi connectivity index (χ2v) is 7.84. The van der Waals surface area contributed by atoms with Gasteiger partial charge in [0.05, 0.1) is 23.3 Å². The highest BCUT2D eigenvalue weighted by Crippen LogP contribution is 2.17. The monoisotopic (exact) mass is 447 g/mol. The zero-order valence-corrected chi connectivity index (χ0v) is 18.9. The number of hydrogen-bond acceptors (Lipinski definition) is 6. The average molecular weight is 448 g/mol. The van der Waals surface area contributed by atoms with Crippen molar-refractivity contribution in [2.24, 2.45) is 0 Å². The zero-order chi connectivity index (χ0) is 23.6. The molecule has 0 spiro atoms. The average Bonchev–Trinajstić information content (AvgIpc) is 2.80. The molecule has 3 amide bonds. The van der Waals surface area contributed by atoms with Gasteiger partial charge in [0.15, 0.2) is 0 Å². The van der Waals surface area contributed by atoms with Gasteiger partial charge in [-0.15, -0.1) is 0 Å². The number of rotatable bonds is 9. The maximum atomic E-state index is 12.9. The summed E-state index contributed by atoms with van der Waals surface area (Å²) in [6.45, 7) is 1.79. The molecule has 0 unspecified atom stereocenters. The number of amides is 3. The van der Waals surface area contributed by atoms with Gasteiger partial charge in [0.1, 0.15) is 5.69 Å². The Bertz CT molecular complexity index is 1060. The lowest BCUT2D eigenvalue weighted by molar-refractivity contribution is 0.102. The second-order valence-electron chi connectivity index (χ2n) is 7.84. The number of nitrogens with one attached hydrogen (secondary N) is 2. The summed E-state index contributed by atoms with van der Waals surface area (Å²) >= 11 is 0. The van der Waals surface area contributed by atoms with Crippen molar-refractivity contribution < 1.29 is 9.59 Å². The van der Waals surface area contributed by atoms with Crippen molar-refractivity contribution in [1.82, 2.24) is 19.8 Å². The number of pyridine rings is 2. The first-order valence-electron chi connectivity index (χ1n) is 10.6. The number of carbonyl (C=O) groups is 2. The molecule has 0 aliphatic carbocycles. The molecular formula is C24H29N7O2. The molecule has 3 rings (SSSR count). The van der Waals surface area contributed by atoms with Crippen molar-refractivity contribution in [1.29, 1.82) is 0 Å². The number of aromatic nitrogens is 2. The minimum atomic E-state index is -0.350. The van der Waals surface area contributed by atoms with Gasteiger partial charge in [-0.2, -0.15) is 0 Å². The van der Waals surface area contributed by atoms with E-state index in [0.29, 0.717) is 30.2 Å². The largest absolute Gasteiger partial charge is 0.397 e. The number of anilines is 3. The van der Waals surface area contributed by atoms with Gasteiger partial charge in [0.25, 0.3) is 5.91 Å². The van der Waals surface area contributed by atoms with Crippen molar-refractivity contribution in [2.75, 3.05) is 43.6 Å². The van der Waals surface area contributed by atoms with Crippen molar-refractivity contribution >= 4 is 29.0 Å². The van der Waals surface area contributed by atoms with E-state index < -0.39 is 0 Å². The van der Waals surface area contributed by atoms with Gasteiger partial charge in [0.2, 0.25) is 0 Å². The number of para-hydroxylation sites is 2. The lowest BCUT2D eigenvalue weighted by Crippen LogP contribution is -2.36. The Labute approximate surface area is 193 Å². The van der Waals surface area contributed by atoms with Gasteiger partial charge >= 0.3 is 6.03 Å². The van der Waals surface area contributed by atoms with Crippen LogP contribution >= 0.6 is 0 Å². The van der Waals surface area contributed by atoms with Crippen LogP contribution in [0.1, 0.15) is 22.5 Å². The molecule has 2 heterocycles. The third kappa shape index (κ3) is 7.29. The van der Waals surface area contributed by atoms with Crippen LogP contribution in [0.15, 0.2) is 67.1 Å². The normalized spacial score (nSPS) is 10.6. The first-order chi connectivity index (χ1) is 15.9. The molecule has 0 bridgehead atoms. The van der Waals surface area contributed by atoms with Crippen LogP contribution in [-0.4, -0.2) is 58.9 Å². The number of benzene rings is 1. The standard InChI is InChI=1S/C24H29N7O2/c1-30(2)13-6-14-31(24(33)28-19-7-5-12-26-16-19)17-18-10-11-22(27-15-18)23(32)29-21-9-4-3-8-20(21)25/h3-5,7-12,15-16H,6,13-14,17,25H2,1-2H3,(H,28,33)(H,29,32). The van der Waals surface area contributed by atoms with Gasteiger partial charge in [-0.05, 0) is 63.0 Å². The summed E-state index contributed by atoms with van der Waals surface area (Å²) in [4.78, 5) is 37.5. The molecule has 1 aromatic carbocycles. The Morgan fingerprint density at radius 3 is 2.45 bits per heavy atom. The van der Waals surface area contributed by atoms with E-state index in [1.165, 1.54) is 0 Å². The molecule has 4 N–H and O–H groups in total. The van der Waals surface area contributed by atoms with Crippen molar-refractivity contribution in [3.05, 3.63) is 78.4 Å². The third-order valence-corrected chi connectivity index (χ3v) is 4.87. The summed E-state index contributed by atoms with van der Waals surface area (Å²) in [5, 5.41) is 5.64. The number of nitrogens with two attached hydrogens (primary N) is 1. The summed E-state index contributed by atoms with van der Waals surface area (Å²) in [5.74, 6) is -0.350. The van der Waals surface area contributed by atoms with Crippen LogP contribution in [0.3, 0.4) is 0 Å². The van der Waals surface area contributed by atoms with Crippen LogP contribution in [0.2, 0.25) is 0 Å². The van der Waals surface area contributed by atoms with Crippen LogP contribution < -0.4 is 16.4 Å². The second kappa shape index (κ2) is 11.6. The molecule has 2 aromatic heterocycles. The van der Waals surface area contributed by atoms with Gasteiger partial charge in [-0.25, -0.2) is 4.79 Å². The van der Waals surface area contributed by atoms with Crippen LogP contribution in [0.4, 0.5) is 21.9 Å². The first-order valence-corrected chi connectivity index (χ1v) is 10.6. The van der Waals surface area contributed by atoms with E-state index in [2.05, 4.69) is 25.5 Å². The highest BCUT2D eigenvalue weighted by atomic mass is 16.2. The van der Waals surface area contributed by atoms with Gasteiger partial charge in [0, 0.05) is 25.5 Å². The molecule has 33 heavy (non-hydrogen) atoms. The molecule has 0 saturated carbocycles. The molecule has 9 nitrogen and oxygen atoms in total. The molecule has 0 radical (unpaired) electrons. The van der Waals surface area contributed by atoms with Gasteiger partial charge in [-0.3, -0.25) is 14.8 Å². The SMILES string of the molecule is CN(C)CCCN(Cc1ccc(C(=O)Nc2ccccc2N)nc1)C(=O)Nc1cccnc1. The topological polar surface area (TPSA) is 116 Å². The van der Waals surface area contributed by atoms with E-state index in [4.69, 9.17) is 5.73 Å². The Morgan fingerprint density at radius 1 is 0.970 bits per heavy atom. The highest BCUT2D eigenvalue weighted by molar-refractivity contribution is 6.04. The van der Waals surface area contributed by atoms with E-state index in [1.54, 1.807) is 72.0 Å². The van der Waals surface area contributed by atoms with E-state index in [9.17, 15) is 9.59 Å². The Hall–Kier alpha value is -3.98. The summed E-state index contributed by atoms with van der Waals surface area (Å²) in [7, 11) is 3.99. The van der Waals surface area contributed by atoms with Crippen LogP contribution in [0.25, 0.3) is 0 Å². The number of carbonyl (C=O) groups excluding carboxylic acids is 2. The zero-order valence-electron chi connectivity index (χ0n) is 18.9. The number of hydrogen-bond donors (Lipinski definition) is 3. The van der Waals surface area contributed by atoms with Gasteiger partial charge < -0.3 is 26.2 Å². The smallest absolute Gasteiger partial charge is 0.322 e. The van der Waals surface area contributed by atoms with E-state index in [0.717, 1.165) is 18.5 Å². The number of urea groups is 1. The molecular weight excluding hydrogens is 418 g/mol. The highest BCUT2D eigenvalue weighted by Gasteiger charge is 2.16. The lowest BCUT2D eigenvalue weighted by Gasteiger charge is -2.24. The minimum absolute atomic E-state index is 0.219. The predicted molar refractivity (Wildman–Crippen MR) is 130 cm³/mol. The quantitative estimate of drug-likeness (QED) is 0.434. The number of nitrogens with zero attached hydrogens (tertiary/aromatic N) is 4. The minimum Gasteiger partial charge on any atom is -0.397 e. The van der Waals surface area contributed by atoms with E-state index >= 15 is 0 Å². The van der Waals surface area contributed by atoms with E-state index in [1.807, 2.05) is 14.1 Å². The molecule has 0 aliphatic rings. The summed E-state index contributed by atoms with van der Waals surface area (Å²) < 4.78 is 0. The van der Waals surface area contributed by atoms with Crippen molar-refractivity contribution in [3.63, 3.8) is 0 Å². The summed E-state index contributed by atoms with van der Waals surface area (Å²) in [6.07, 6.45) is 5.68. The van der Waals surface area contributed by atoms with Crippen molar-refractivity contribution in [2.45, 2.75) is 13.0 Å². The van der Waals surface area contributed by atoms with Crippen LogP contribution in [-0.2, 0) is 6.54 Å². The molecule has 0 fully saturated rings. The molecule has 3 aromatic rings. The summed E-state index contributed by atoms with van der Waals surface area (Å²) in [6, 6.07) is 13.8. The maximum Gasteiger partial charge on any atom is 0.322 e. The van der Waals surface area contributed by atoms with E-state index in [-0.39, 0.29) is 17.6 Å². The van der Waals surface area contributed by atoms with Gasteiger partial charge in [-0.1, -0.05) is 18.2 Å². The Balaban J connectivity index is 1.66. The maximum absolute atomic E-state index is 12.9. The van der Waals surface area contributed by atoms with Crippen molar-refractivity contribution in [3.8, 4) is 0 Å². The fourth-order valence-corrected chi connectivity index (χ4v) is 3.14. The molecule has 0 saturated heterocycles. The molecule has 172 valence electrons. The predicted octanol–water partition coefficient (Wildman–Crippen LogP) is 3.30. The van der Waals surface area contributed by atoms with Crippen LogP contribution in [0.5, 0.6) is 0 Å². The molecule has 0 aliphatic heterocycles. The Morgan fingerprint density at radius 2 is 1.79 bits per heavy atom. The van der Waals surface area contributed by atoms with Crippen LogP contribution in [0, 0.1) is 0 Å². The fraction of sp³-hybridized carbons (Fsp3) is 0.250. The first kappa shape index (κ1) is 23.7. The Kier molecular flexibility index (Phi) is 8.31. The molecule has 9 heteroatoms. The summed E-state index contributed by atoms with van der Waals surface area (Å²) in [5.41, 5.74) is 8.61. The third-order valence-electron chi connectivity index (χ3n) is 4.87.